The van der Waals surface area contributed by atoms with Gasteiger partial charge in [0.2, 0.25) is 0 Å². The number of aliphatic carboxylic acids is 1. The van der Waals surface area contributed by atoms with Crippen molar-refractivity contribution in [1.82, 2.24) is 0 Å². The van der Waals surface area contributed by atoms with Gasteiger partial charge >= 0.3 is 5.97 Å². The fourth-order valence-corrected chi connectivity index (χ4v) is 2.79. The zero-order valence-corrected chi connectivity index (χ0v) is 9.74. The average molecular weight is 216 g/mol. The zero-order chi connectivity index (χ0) is 10.4. The molecule has 0 heterocycles. The van der Waals surface area contributed by atoms with E-state index in [0.29, 0.717) is 0 Å². The summed E-state index contributed by atoms with van der Waals surface area (Å²) in [5.41, 5.74) is -0.367. The van der Waals surface area contributed by atoms with Crippen molar-refractivity contribution in [1.29, 1.82) is 0 Å². The molecular formula is C11H20O2S. The van der Waals surface area contributed by atoms with Crippen molar-refractivity contribution >= 4 is 17.7 Å². The summed E-state index contributed by atoms with van der Waals surface area (Å²) < 4.78 is 0. The summed E-state index contributed by atoms with van der Waals surface area (Å²) in [5.74, 6) is 0.535. The van der Waals surface area contributed by atoms with E-state index in [0.717, 1.165) is 44.3 Å². The van der Waals surface area contributed by atoms with Crippen LogP contribution in [-0.4, -0.2) is 23.1 Å². The SMILES string of the molecule is CSCCCC1(C(=O)O)CCCCC1. The van der Waals surface area contributed by atoms with Gasteiger partial charge in [0.05, 0.1) is 5.41 Å². The van der Waals surface area contributed by atoms with Crippen LogP contribution in [0.25, 0.3) is 0 Å². The van der Waals surface area contributed by atoms with Crippen LogP contribution in [0.15, 0.2) is 0 Å². The summed E-state index contributed by atoms with van der Waals surface area (Å²) >= 11 is 1.81. The van der Waals surface area contributed by atoms with Gasteiger partial charge in [-0.25, -0.2) is 0 Å². The van der Waals surface area contributed by atoms with Crippen molar-refractivity contribution < 1.29 is 9.90 Å². The maximum absolute atomic E-state index is 11.3. The molecule has 0 atom stereocenters. The van der Waals surface area contributed by atoms with E-state index < -0.39 is 5.97 Å². The smallest absolute Gasteiger partial charge is 0.309 e. The minimum atomic E-state index is -0.557. The van der Waals surface area contributed by atoms with E-state index in [4.69, 9.17) is 0 Å². The highest BCUT2D eigenvalue weighted by Crippen LogP contribution is 2.40. The lowest BCUT2D eigenvalue weighted by Gasteiger charge is -2.33. The van der Waals surface area contributed by atoms with Gasteiger partial charge in [-0.3, -0.25) is 4.79 Å². The first-order chi connectivity index (χ1) is 6.71. The van der Waals surface area contributed by atoms with Crippen LogP contribution in [0, 0.1) is 5.41 Å². The van der Waals surface area contributed by atoms with Gasteiger partial charge in [-0.2, -0.15) is 11.8 Å². The molecule has 0 aromatic rings. The third kappa shape index (κ3) is 2.91. The maximum Gasteiger partial charge on any atom is 0.309 e. The highest BCUT2D eigenvalue weighted by atomic mass is 32.2. The molecule has 0 bridgehead atoms. The molecule has 0 amide bonds. The first-order valence-corrected chi connectivity index (χ1v) is 6.83. The Balaban J connectivity index is 2.47. The van der Waals surface area contributed by atoms with Gasteiger partial charge in [-0.15, -0.1) is 0 Å². The Labute approximate surface area is 90.5 Å². The predicted octanol–water partition coefficient (Wildman–Crippen LogP) is 3.16. The van der Waals surface area contributed by atoms with E-state index in [2.05, 4.69) is 6.26 Å². The van der Waals surface area contributed by atoms with E-state index >= 15 is 0 Å². The van der Waals surface area contributed by atoms with Crippen LogP contribution in [0.4, 0.5) is 0 Å². The number of hydrogen-bond donors (Lipinski definition) is 1. The van der Waals surface area contributed by atoms with Gasteiger partial charge in [0.25, 0.3) is 0 Å². The maximum atomic E-state index is 11.3. The molecule has 14 heavy (non-hydrogen) atoms. The van der Waals surface area contributed by atoms with Gasteiger partial charge in [0.1, 0.15) is 0 Å². The van der Waals surface area contributed by atoms with E-state index in [1.807, 2.05) is 11.8 Å². The summed E-state index contributed by atoms with van der Waals surface area (Å²) in [6.45, 7) is 0. The van der Waals surface area contributed by atoms with Gasteiger partial charge in [0.15, 0.2) is 0 Å². The van der Waals surface area contributed by atoms with Crippen LogP contribution in [0.2, 0.25) is 0 Å². The second-order valence-corrected chi connectivity index (χ2v) is 5.23. The van der Waals surface area contributed by atoms with Crippen LogP contribution >= 0.6 is 11.8 Å². The van der Waals surface area contributed by atoms with Crippen molar-refractivity contribution in [3.8, 4) is 0 Å². The minimum Gasteiger partial charge on any atom is -0.481 e. The lowest BCUT2D eigenvalue weighted by atomic mass is 9.71. The van der Waals surface area contributed by atoms with E-state index in [9.17, 15) is 9.90 Å². The fourth-order valence-electron chi connectivity index (χ4n) is 2.35. The molecule has 1 rings (SSSR count). The predicted molar refractivity (Wildman–Crippen MR) is 60.8 cm³/mol. The van der Waals surface area contributed by atoms with Crippen molar-refractivity contribution in [2.45, 2.75) is 44.9 Å². The molecule has 3 heteroatoms. The number of hydrogen-bond acceptors (Lipinski definition) is 2. The highest BCUT2D eigenvalue weighted by Gasteiger charge is 2.38. The van der Waals surface area contributed by atoms with Crippen LogP contribution in [0.5, 0.6) is 0 Å². The van der Waals surface area contributed by atoms with Gasteiger partial charge < -0.3 is 5.11 Å². The van der Waals surface area contributed by atoms with E-state index in [1.54, 1.807) is 0 Å². The number of rotatable bonds is 5. The van der Waals surface area contributed by atoms with E-state index in [-0.39, 0.29) is 5.41 Å². The molecule has 0 aromatic carbocycles. The fraction of sp³-hybridized carbons (Fsp3) is 0.909. The third-order valence-corrected chi connectivity index (χ3v) is 3.97. The van der Waals surface area contributed by atoms with E-state index in [1.165, 1.54) is 6.42 Å². The van der Waals surface area contributed by atoms with Crippen LogP contribution in [-0.2, 0) is 4.79 Å². The molecule has 1 saturated carbocycles. The molecular weight excluding hydrogens is 196 g/mol. The van der Waals surface area contributed by atoms with Crippen molar-refractivity contribution in [3.63, 3.8) is 0 Å². The molecule has 1 N–H and O–H groups in total. The van der Waals surface area contributed by atoms with Gasteiger partial charge in [-0.1, -0.05) is 19.3 Å². The Hall–Kier alpha value is -0.180. The molecule has 2 nitrogen and oxygen atoms in total. The Morgan fingerprint density at radius 3 is 2.50 bits per heavy atom. The molecule has 1 fully saturated rings. The third-order valence-electron chi connectivity index (χ3n) is 3.27. The van der Waals surface area contributed by atoms with Crippen molar-refractivity contribution in [2.24, 2.45) is 5.41 Å². The molecule has 0 aliphatic heterocycles. The minimum absolute atomic E-state index is 0.367. The Morgan fingerprint density at radius 2 is 2.00 bits per heavy atom. The van der Waals surface area contributed by atoms with Crippen LogP contribution in [0.3, 0.4) is 0 Å². The molecule has 1 aliphatic carbocycles. The Kier molecular flexibility index (Phi) is 4.79. The lowest BCUT2D eigenvalue weighted by Crippen LogP contribution is -2.33. The summed E-state index contributed by atoms with van der Waals surface area (Å²) in [6, 6.07) is 0. The van der Waals surface area contributed by atoms with Crippen molar-refractivity contribution in [3.05, 3.63) is 0 Å². The molecule has 0 saturated heterocycles. The van der Waals surface area contributed by atoms with Crippen LogP contribution in [0.1, 0.15) is 44.9 Å². The topological polar surface area (TPSA) is 37.3 Å². The molecule has 0 radical (unpaired) electrons. The second-order valence-electron chi connectivity index (χ2n) is 4.24. The largest absolute Gasteiger partial charge is 0.481 e. The molecule has 0 aromatic heterocycles. The molecule has 82 valence electrons. The average Bonchev–Trinajstić information content (AvgIpc) is 2.19. The highest BCUT2D eigenvalue weighted by molar-refractivity contribution is 7.98. The first-order valence-electron chi connectivity index (χ1n) is 5.44. The number of thioether (sulfide) groups is 1. The summed E-state index contributed by atoms with van der Waals surface area (Å²) in [4.78, 5) is 11.3. The van der Waals surface area contributed by atoms with Gasteiger partial charge in [0, 0.05) is 0 Å². The van der Waals surface area contributed by atoms with Gasteiger partial charge in [-0.05, 0) is 37.7 Å². The summed E-state index contributed by atoms with van der Waals surface area (Å²) in [5, 5.41) is 9.28. The number of carboxylic acids is 1. The Morgan fingerprint density at radius 1 is 1.36 bits per heavy atom. The Bertz CT molecular complexity index is 186. The lowest BCUT2D eigenvalue weighted by molar-refractivity contribution is -0.151. The normalized spacial score (nSPS) is 20.6. The second kappa shape index (κ2) is 5.64. The molecule has 1 aliphatic rings. The quantitative estimate of drug-likeness (QED) is 0.717. The summed E-state index contributed by atoms with van der Waals surface area (Å²) in [6.07, 6.45) is 9.23. The molecule has 0 spiro atoms. The van der Waals surface area contributed by atoms with Crippen LogP contribution < -0.4 is 0 Å². The standard InChI is InChI=1S/C11H20O2S/c1-14-9-5-8-11(10(12)13)6-3-2-4-7-11/h2-9H2,1H3,(H,12,13). The summed E-state index contributed by atoms with van der Waals surface area (Å²) in [7, 11) is 0. The number of carboxylic acid groups (broad SMARTS) is 1. The monoisotopic (exact) mass is 216 g/mol. The molecule has 0 unspecified atom stereocenters. The zero-order valence-electron chi connectivity index (χ0n) is 8.92. The number of carbonyl (C=O) groups is 1. The first kappa shape index (κ1) is 11.9. The van der Waals surface area contributed by atoms with Crippen molar-refractivity contribution in [2.75, 3.05) is 12.0 Å².